The maximum Gasteiger partial charge on any atom is 0.386 e. The van der Waals surface area contributed by atoms with E-state index in [1.165, 1.54) is 6.07 Å². The third-order valence-electron chi connectivity index (χ3n) is 3.39. The van der Waals surface area contributed by atoms with Gasteiger partial charge in [0, 0.05) is 4.90 Å². The second-order valence-corrected chi connectivity index (χ2v) is 6.39. The quantitative estimate of drug-likeness (QED) is 0.434. The molecule has 0 aliphatic carbocycles. The van der Waals surface area contributed by atoms with Crippen LogP contribution in [0.1, 0.15) is 25.8 Å². The third-order valence-corrected chi connectivity index (χ3v) is 4.36. The van der Waals surface area contributed by atoms with Crippen LogP contribution in [0.2, 0.25) is 0 Å². The number of carbonyl (C=O) groups excluding carboxylic acids is 2. The molecule has 26 heavy (non-hydrogen) atoms. The van der Waals surface area contributed by atoms with Crippen LogP contribution in [-0.2, 0) is 20.7 Å². The lowest BCUT2D eigenvalue weighted by Gasteiger charge is -2.06. The first-order chi connectivity index (χ1) is 12.5. The summed E-state index contributed by atoms with van der Waals surface area (Å²) in [6.45, 7) is 3.76. The summed E-state index contributed by atoms with van der Waals surface area (Å²) in [5.41, 5.74) is 0.463. The van der Waals surface area contributed by atoms with Gasteiger partial charge in [0.15, 0.2) is 5.75 Å². The minimum absolute atomic E-state index is 0.134. The molecule has 0 fully saturated rings. The highest BCUT2D eigenvalue weighted by Crippen LogP contribution is 2.27. The summed E-state index contributed by atoms with van der Waals surface area (Å²) in [6.07, 6.45) is 1.45. The van der Waals surface area contributed by atoms with Gasteiger partial charge in [-0.1, -0.05) is 31.5 Å². The topological polar surface area (TPSA) is 69.7 Å². The average molecular weight is 372 g/mol. The Kier molecular flexibility index (Phi) is 7.41. The lowest BCUT2D eigenvalue weighted by atomic mass is 10.1. The van der Waals surface area contributed by atoms with Crippen molar-refractivity contribution >= 4 is 22.8 Å². The first kappa shape index (κ1) is 19.7. The molecule has 6 heteroatoms. The molecule has 0 aromatic heterocycles. The lowest BCUT2D eigenvalue weighted by molar-refractivity contribution is -0.149. The molecule has 0 spiro atoms. The van der Waals surface area contributed by atoms with Gasteiger partial charge in [0.25, 0.3) is 0 Å². The molecule has 5 nitrogen and oxygen atoms in total. The maximum atomic E-state index is 12.3. The Hall–Kier alpha value is -2.60. The number of para-hydroxylation sites is 1. The molecule has 0 unspecified atom stereocenters. The van der Waals surface area contributed by atoms with Crippen LogP contribution >= 0.6 is 11.8 Å². The zero-order valence-corrected chi connectivity index (χ0v) is 15.5. The van der Waals surface area contributed by atoms with Crippen molar-refractivity contribution in [3.8, 4) is 11.5 Å². The summed E-state index contributed by atoms with van der Waals surface area (Å²) in [5.74, 6) is -0.167. The molecular formula is C20H20O5S. The molecule has 2 rings (SSSR count). The number of esters is 1. The lowest BCUT2D eigenvalue weighted by Crippen LogP contribution is -2.13. The van der Waals surface area contributed by atoms with Gasteiger partial charge in [-0.15, -0.1) is 0 Å². The molecular weight excluding hydrogens is 352 g/mol. The number of hydrogen-bond acceptors (Lipinski definition) is 6. The van der Waals surface area contributed by atoms with Crippen molar-refractivity contribution in [2.75, 3.05) is 6.61 Å². The molecule has 0 aliphatic heterocycles. The van der Waals surface area contributed by atoms with E-state index in [1.807, 2.05) is 25.1 Å². The van der Waals surface area contributed by atoms with Crippen LogP contribution in [0.4, 0.5) is 0 Å². The number of aryl methyl sites for hydroxylation is 1. The number of rotatable bonds is 6. The van der Waals surface area contributed by atoms with Gasteiger partial charge in [-0.3, -0.25) is 9.59 Å². The minimum atomic E-state index is -0.894. The van der Waals surface area contributed by atoms with Crippen LogP contribution in [-0.4, -0.2) is 17.7 Å². The molecule has 0 saturated carbocycles. The van der Waals surface area contributed by atoms with Crippen molar-refractivity contribution in [1.29, 1.82) is 0 Å². The Labute approximate surface area is 156 Å². The predicted molar refractivity (Wildman–Crippen MR) is 101 cm³/mol. The van der Waals surface area contributed by atoms with Gasteiger partial charge in [0.05, 0.1) is 6.61 Å². The maximum absolute atomic E-state index is 12.3. The van der Waals surface area contributed by atoms with Crippen LogP contribution in [0.5, 0.6) is 11.5 Å². The number of ether oxygens (including phenoxy) is 2. The van der Waals surface area contributed by atoms with E-state index in [-0.39, 0.29) is 17.8 Å². The Balaban J connectivity index is 2.37. The standard InChI is InChI=1S/C20H20O5S/c1-3-8-14-13-17(25-15-9-6-5-7-10-15)16(21)11-12-18(14)26-20(23)19(22)24-4-2/h5-7,9-13H,3-4,8H2,1-2H3. The molecule has 136 valence electrons. The largest absolute Gasteiger partial charge is 0.460 e. The Morgan fingerprint density at radius 3 is 2.42 bits per heavy atom. The molecule has 0 heterocycles. The van der Waals surface area contributed by atoms with Gasteiger partial charge in [-0.2, -0.15) is 0 Å². The van der Waals surface area contributed by atoms with Gasteiger partial charge < -0.3 is 9.47 Å². The zero-order valence-electron chi connectivity index (χ0n) is 14.7. The summed E-state index contributed by atoms with van der Waals surface area (Å²) in [6, 6.07) is 13.5. The Bertz CT molecular complexity index is 833. The van der Waals surface area contributed by atoms with Crippen molar-refractivity contribution in [2.24, 2.45) is 0 Å². The number of benzene rings is 1. The summed E-state index contributed by atoms with van der Waals surface area (Å²) in [4.78, 5) is 36.5. The van der Waals surface area contributed by atoms with Gasteiger partial charge in [0.2, 0.25) is 5.43 Å². The van der Waals surface area contributed by atoms with E-state index < -0.39 is 11.1 Å². The highest BCUT2D eigenvalue weighted by atomic mass is 32.2. The first-order valence-electron chi connectivity index (χ1n) is 8.34. The summed E-state index contributed by atoms with van der Waals surface area (Å²) < 4.78 is 10.4. The average Bonchev–Trinajstić information content (AvgIpc) is 2.77. The summed E-state index contributed by atoms with van der Waals surface area (Å²) in [7, 11) is 0. The normalized spacial score (nSPS) is 10.2. The van der Waals surface area contributed by atoms with E-state index in [9.17, 15) is 14.4 Å². The number of carbonyl (C=O) groups is 2. The molecule has 0 N–H and O–H groups in total. The fourth-order valence-electron chi connectivity index (χ4n) is 2.23. The highest BCUT2D eigenvalue weighted by Gasteiger charge is 2.18. The van der Waals surface area contributed by atoms with Crippen molar-refractivity contribution in [3.63, 3.8) is 0 Å². The van der Waals surface area contributed by atoms with Crippen molar-refractivity contribution in [2.45, 2.75) is 31.6 Å². The SMILES string of the molecule is CCCc1cc(Oc2ccccc2)c(=O)ccc1SC(=O)C(=O)OCC. The van der Waals surface area contributed by atoms with E-state index in [0.717, 1.165) is 23.7 Å². The highest BCUT2D eigenvalue weighted by molar-refractivity contribution is 8.15. The van der Waals surface area contributed by atoms with Crippen molar-refractivity contribution < 1.29 is 19.1 Å². The molecule has 0 aliphatic rings. The second kappa shape index (κ2) is 9.77. The van der Waals surface area contributed by atoms with Crippen LogP contribution in [0, 0.1) is 0 Å². The Morgan fingerprint density at radius 1 is 1.04 bits per heavy atom. The van der Waals surface area contributed by atoms with Gasteiger partial charge in [0.1, 0.15) is 5.75 Å². The third kappa shape index (κ3) is 5.46. The fourth-order valence-corrected chi connectivity index (χ4v) is 3.00. The van der Waals surface area contributed by atoms with Crippen molar-refractivity contribution in [3.05, 3.63) is 64.3 Å². The van der Waals surface area contributed by atoms with Crippen molar-refractivity contribution in [1.82, 2.24) is 0 Å². The Morgan fingerprint density at radius 2 is 1.77 bits per heavy atom. The van der Waals surface area contributed by atoms with Gasteiger partial charge in [-0.05, 0) is 61.0 Å². The molecule has 0 bridgehead atoms. The van der Waals surface area contributed by atoms with E-state index in [0.29, 0.717) is 17.1 Å². The van der Waals surface area contributed by atoms with Crippen LogP contribution < -0.4 is 10.2 Å². The molecule has 0 amide bonds. The smallest absolute Gasteiger partial charge is 0.386 e. The second-order valence-electron chi connectivity index (χ2n) is 5.37. The molecule has 2 aromatic carbocycles. The zero-order chi connectivity index (χ0) is 18.9. The van der Waals surface area contributed by atoms with E-state index in [1.54, 1.807) is 31.2 Å². The predicted octanol–water partition coefficient (Wildman–Crippen LogP) is 3.97. The molecule has 0 atom stereocenters. The molecule has 2 aromatic rings. The molecule has 0 saturated heterocycles. The van der Waals surface area contributed by atoms with E-state index in [2.05, 4.69) is 0 Å². The molecule has 0 radical (unpaired) electrons. The van der Waals surface area contributed by atoms with Crippen LogP contribution in [0.3, 0.4) is 0 Å². The number of thioether (sulfide) groups is 1. The van der Waals surface area contributed by atoms with Gasteiger partial charge in [-0.25, -0.2) is 4.79 Å². The monoisotopic (exact) mass is 372 g/mol. The fraction of sp³-hybridized carbons (Fsp3) is 0.250. The number of hydrogen-bond donors (Lipinski definition) is 0. The van der Waals surface area contributed by atoms with Crippen LogP contribution in [0.15, 0.2) is 58.2 Å². The van der Waals surface area contributed by atoms with E-state index >= 15 is 0 Å². The summed E-state index contributed by atoms with van der Waals surface area (Å²) in [5, 5.41) is -0.714. The summed E-state index contributed by atoms with van der Waals surface area (Å²) >= 11 is 0.767. The van der Waals surface area contributed by atoms with Gasteiger partial charge >= 0.3 is 11.1 Å². The van der Waals surface area contributed by atoms with Crippen LogP contribution in [0.25, 0.3) is 0 Å². The first-order valence-corrected chi connectivity index (χ1v) is 9.15. The minimum Gasteiger partial charge on any atom is -0.460 e. The van der Waals surface area contributed by atoms with E-state index in [4.69, 9.17) is 9.47 Å².